The quantitative estimate of drug-likeness (QED) is 0.772. The van der Waals surface area contributed by atoms with Crippen LogP contribution in [-0.2, 0) is 6.54 Å². The molecule has 0 bridgehead atoms. The van der Waals surface area contributed by atoms with Crippen molar-refractivity contribution in [2.45, 2.75) is 52.6 Å². The second kappa shape index (κ2) is 7.81. The van der Waals surface area contributed by atoms with Crippen LogP contribution in [-0.4, -0.2) is 30.8 Å². The van der Waals surface area contributed by atoms with Crippen molar-refractivity contribution in [2.24, 2.45) is 5.92 Å². The highest BCUT2D eigenvalue weighted by atomic mass is 16.3. The molecule has 3 heteroatoms. The zero-order chi connectivity index (χ0) is 15.2. The fourth-order valence-corrected chi connectivity index (χ4v) is 2.94. The second-order valence-corrected chi connectivity index (χ2v) is 6.66. The van der Waals surface area contributed by atoms with Crippen molar-refractivity contribution in [3.05, 3.63) is 29.3 Å². The van der Waals surface area contributed by atoms with Gasteiger partial charge in [-0.2, -0.15) is 0 Å². The smallest absolute Gasteiger partial charge is 0.0606 e. The number of anilines is 1. The fraction of sp³-hybridized carbons (Fsp3) is 0.667. The highest BCUT2D eigenvalue weighted by molar-refractivity contribution is 5.56. The Hall–Kier alpha value is -1.06. The van der Waals surface area contributed by atoms with Gasteiger partial charge in [-0.05, 0) is 50.3 Å². The molecule has 2 N–H and O–H groups in total. The molecule has 2 rings (SSSR count). The van der Waals surface area contributed by atoms with E-state index >= 15 is 0 Å². The van der Waals surface area contributed by atoms with E-state index in [0.717, 1.165) is 19.6 Å². The van der Waals surface area contributed by atoms with Gasteiger partial charge in [0.1, 0.15) is 0 Å². The molecule has 118 valence electrons. The number of hydrogen-bond acceptors (Lipinski definition) is 3. The maximum atomic E-state index is 9.40. The molecule has 0 radical (unpaired) electrons. The van der Waals surface area contributed by atoms with Crippen LogP contribution in [0.5, 0.6) is 0 Å². The van der Waals surface area contributed by atoms with Crippen LogP contribution in [0.15, 0.2) is 18.2 Å². The molecule has 21 heavy (non-hydrogen) atoms. The molecule has 0 atom stereocenters. The topological polar surface area (TPSA) is 35.5 Å². The first-order chi connectivity index (χ1) is 10.1. The van der Waals surface area contributed by atoms with Crippen molar-refractivity contribution in [1.82, 2.24) is 5.32 Å². The lowest BCUT2D eigenvalue weighted by Crippen LogP contribution is -2.42. The van der Waals surface area contributed by atoms with Crippen molar-refractivity contribution in [2.75, 3.05) is 24.6 Å². The van der Waals surface area contributed by atoms with E-state index in [1.807, 2.05) is 0 Å². The Bertz CT molecular complexity index is 441. The average molecular weight is 290 g/mol. The summed E-state index contributed by atoms with van der Waals surface area (Å²) < 4.78 is 0. The lowest BCUT2D eigenvalue weighted by Gasteiger charge is -2.40. The summed E-state index contributed by atoms with van der Waals surface area (Å²) in [5, 5.41) is 13.0. The van der Waals surface area contributed by atoms with Gasteiger partial charge in [0.2, 0.25) is 0 Å². The van der Waals surface area contributed by atoms with Gasteiger partial charge in [0.25, 0.3) is 0 Å². The van der Waals surface area contributed by atoms with Crippen LogP contribution in [0.25, 0.3) is 0 Å². The molecule has 0 heterocycles. The predicted octanol–water partition coefficient (Wildman–Crippen LogP) is 3.09. The van der Waals surface area contributed by atoms with Gasteiger partial charge in [0.05, 0.1) is 6.61 Å². The summed E-state index contributed by atoms with van der Waals surface area (Å²) in [6.45, 7) is 9.53. The largest absolute Gasteiger partial charge is 0.395 e. The molecule has 0 saturated heterocycles. The minimum Gasteiger partial charge on any atom is -0.395 e. The number of aliphatic hydroxyl groups excluding tert-OH is 1. The molecule has 1 aliphatic carbocycles. The van der Waals surface area contributed by atoms with Gasteiger partial charge in [-0.25, -0.2) is 0 Å². The van der Waals surface area contributed by atoms with Crippen molar-refractivity contribution >= 4 is 5.69 Å². The van der Waals surface area contributed by atoms with Gasteiger partial charge >= 0.3 is 0 Å². The zero-order valence-corrected chi connectivity index (χ0v) is 13.7. The van der Waals surface area contributed by atoms with Gasteiger partial charge in [-0.3, -0.25) is 0 Å². The summed E-state index contributed by atoms with van der Waals surface area (Å²) in [5.41, 5.74) is 3.96. The molecule has 1 aromatic rings. The molecule has 1 aliphatic rings. The molecule has 0 amide bonds. The van der Waals surface area contributed by atoms with Gasteiger partial charge in [0, 0.05) is 24.8 Å². The Balaban J connectivity index is 2.15. The van der Waals surface area contributed by atoms with Crippen molar-refractivity contribution < 1.29 is 5.11 Å². The lowest BCUT2D eigenvalue weighted by molar-refractivity contribution is 0.283. The van der Waals surface area contributed by atoms with Gasteiger partial charge < -0.3 is 15.3 Å². The third kappa shape index (κ3) is 4.45. The predicted molar refractivity (Wildman–Crippen MR) is 89.8 cm³/mol. The maximum Gasteiger partial charge on any atom is 0.0606 e. The van der Waals surface area contributed by atoms with Crippen LogP contribution in [0.4, 0.5) is 5.69 Å². The highest BCUT2D eigenvalue weighted by Crippen LogP contribution is 2.32. The molecule has 0 spiro atoms. The highest BCUT2D eigenvalue weighted by Gasteiger charge is 2.26. The summed E-state index contributed by atoms with van der Waals surface area (Å²) >= 11 is 0. The van der Waals surface area contributed by atoms with E-state index in [2.05, 4.69) is 49.2 Å². The first-order valence-corrected chi connectivity index (χ1v) is 8.29. The van der Waals surface area contributed by atoms with Crippen LogP contribution in [0.2, 0.25) is 0 Å². The van der Waals surface area contributed by atoms with Gasteiger partial charge in [0.15, 0.2) is 0 Å². The molecule has 0 aliphatic heterocycles. The molecule has 0 unspecified atom stereocenters. The zero-order valence-electron chi connectivity index (χ0n) is 13.7. The van der Waals surface area contributed by atoms with Crippen molar-refractivity contribution in [3.8, 4) is 0 Å². The van der Waals surface area contributed by atoms with Crippen LogP contribution in [0.1, 0.15) is 44.2 Å². The molecule has 1 aromatic carbocycles. The number of rotatable bonds is 8. The summed E-state index contributed by atoms with van der Waals surface area (Å²) in [5.74, 6) is 0.665. The summed E-state index contributed by atoms with van der Waals surface area (Å²) in [4.78, 5) is 2.41. The van der Waals surface area contributed by atoms with Crippen LogP contribution >= 0.6 is 0 Å². The monoisotopic (exact) mass is 290 g/mol. The van der Waals surface area contributed by atoms with E-state index in [1.54, 1.807) is 0 Å². The van der Waals surface area contributed by atoms with Crippen LogP contribution < -0.4 is 10.2 Å². The molecule has 3 nitrogen and oxygen atoms in total. The Labute approximate surface area is 129 Å². The van der Waals surface area contributed by atoms with E-state index in [9.17, 15) is 5.11 Å². The first kappa shape index (κ1) is 16.3. The summed E-state index contributed by atoms with van der Waals surface area (Å²) in [7, 11) is 0. The maximum absolute atomic E-state index is 9.40. The van der Waals surface area contributed by atoms with Crippen LogP contribution in [0.3, 0.4) is 0 Å². The molecule has 1 fully saturated rings. The number of nitrogens with zero attached hydrogens (tertiary/aromatic N) is 1. The van der Waals surface area contributed by atoms with Gasteiger partial charge in [-0.1, -0.05) is 31.5 Å². The SMILES string of the molecule is Cc1ccc(N(CCO)C2CCC2)c(CNCC(C)C)c1. The second-order valence-electron chi connectivity index (χ2n) is 6.66. The Kier molecular flexibility index (Phi) is 6.07. The standard InChI is InChI=1S/C18H30N2O/c1-14(2)12-19-13-16-11-15(3)7-8-18(16)20(9-10-21)17-5-4-6-17/h7-8,11,14,17,19,21H,4-6,9-10,12-13H2,1-3H3. The first-order valence-electron chi connectivity index (χ1n) is 8.29. The minimum absolute atomic E-state index is 0.225. The summed E-state index contributed by atoms with van der Waals surface area (Å²) in [6.07, 6.45) is 3.83. The lowest BCUT2D eigenvalue weighted by atomic mass is 9.90. The van der Waals surface area contributed by atoms with Crippen LogP contribution in [0, 0.1) is 12.8 Å². The molecular weight excluding hydrogens is 260 g/mol. The number of nitrogens with one attached hydrogen (secondary N) is 1. The number of aryl methyl sites for hydroxylation is 1. The summed E-state index contributed by atoms with van der Waals surface area (Å²) in [6, 6.07) is 7.31. The fourth-order valence-electron chi connectivity index (χ4n) is 2.94. The Morgan fingerprint density at radius 2 is 2.10 bits per heavy atom. The Morgan fingerprint density at radius 3 is 2.67 bits per heavy atom. The third-order valence-corrected chi connectivity index (χ3v) is 4.27. The van der Waals surface area contributed by atoms with E-state index in [1.165, 1.54) is 36.1 Å². The Morgan fingerprint density at radius 1 is 1.33 bits per heavy atom. The van der Waals surface area contributed by atoms with E-state index < -0.39 is 0 Å². The van der Waals surface area contributed by atoms with E-state index in [-0.39, 0.29) is 6.61 Å². The van der Waals surface area contributed by atoms with E-state index in [0.29, 0.717) is 12.0 Å². The van der Waals surface area contributed by atoms with Crippen molar-refractivity contribution in [3.63, 3.8) is 0 Å². The van der Waals surface area contributed by atoms with Gasteiger partial charge in [-0.15, -0.1) is 0 Å². The normalized spacial score (nSPS) is 15.3. The molecule has 1 saturated carbocycles. The molecule has 0 aromatic heterocycles. The number of aliphatic hydroxyl groups is 1. The third-order valence-electron chi connectivity index (χ3n) is 4.27. The average Bonchev–Trinajstić information content (AvgIpc) is 2.36. The minimum atomic E-state index is 0.225. The van der Waals surface area contributed by atoms with E-state index in [4.69, 9.17) is 0 Å². The number of benzene rings is 1. The number of hydrogen-bond donors (Lipinski definition) is 2. The molecular formula is C18H30N2O. The van der Waals surface area contributed by atoms with Crippen molar-refractivity contribution in [1.29, 1.82) is 0 Å².